The fourth-order valence-electron chi connectivity index (χ4n) is 3.15. The molecule has 3 rings (SSSR count). The van der Waals surface area contributed by atoms with E-state index in [1.165, 1.54) is 5.56 Å². The number of nitrogens with zero attached hydrogens (tertiary/aromatic N) is 2. The molecule has 1 atom stereocenters. The Hall–Kier alpha value is -2.79. The second kappa shape index (κ2) is 8.93. The van der Waals surface area contributed by atoms with Gasteiger partial charge in [-0.2, -0.15) is 5.10 Å². The van der Waals surface area contributed by atoms with Crippen LogP contribution in [0, 0.1) is 13.8 Å². The molecule has 1 aromatic heterocycles. The van der Waals surface area contributed by atoms with E-state index < -0.39 is 0 Å². The fourth-order valence-corrected chi connectivity index (χ4v) is 3.28. The first-order valence-electron chi connectivity index (χ1n) is 9.30. The third-order valence-corrected chi connectivity index (χ3v) is 5.10. The number of carbonyl (C=O) groups excluding carboxylic acids is 1. The minimum absolute atomic E-state index is 0.111. The number of carbonyl (C=O) groups is 1. The Labute approximate surface area is 170 Å². The monoisotopic (exact) mass is 396 g/mol. The first-order chi connectivity index (χ1) is 13.4. The van der Waals surface area contributed by atoms with Crippen LogP contribution in [0.3, 0.4) is 0 Å². The van der Waals surface area contributed by atoms with Crippen molar-refractivity contribution in [3.63, 3.8) is 0 Å². The molecule has 0 radical (unpaired) electrons. The molecular formula is C22H25ClN4O. The van der Waals surface area contributed by atoms with Gasteiger partial charge in [0.05, 0.1) is 18.3 Å². The van der Waals surface area contributed by atoms with Crippen LogP contribution in [0.4, 0.5) is 4.79 Å². The summed E-state index contributed by atoms with van der Waals surface area (Å²) in [4.78, 5) is 12.3. The molecule has 0 aliphatic heterocycles. The van der Waals surface area contributed by atoms with Crippen LogP contribution in [0.1, 0.15) is 41.0 Å². The van der Waals surface area contributed by atoms with Gasteiger partial charge in [-0.05, 0) is 44.0 Å². The zero-order valence-corrected chi connectivity index (χ0v) is 17.1. The van der Waals surface area contributed by atoms with Crippen molar-refractivity contribution in [2.45, 2.75) is 39.9 Å². The molecule has 0 saturated carbocycles. The molecule has 1 heterocycles. The van der Waals surface area contributed by atoms with E-state index in [0.29, 0.717) is 18.1 Å². The Morgan fingerprint density at radius 1 is 1.11 bits per heavy atom. The first kappa shape index (κ1) is 20.0. The minimum atomic E-state index is -0.211. The Balaban J connectivity index is 1.59. The summed E-state index contributed by atoms with van der Waals surface area (Å²) in [6, 6.07) is 17.4. The number of benzene rings is 2. The van der Waals surface area contributed by atoms with Gasteiger partial charge < -0.3 is 10.6 Å². The SMILES string of the molecule is Cc1nn(Cc2ccccc2)c(C)c1CNC(=O)N[C@H](C)c1ccc(Cl)cc1. The van der Waals surface area contributed by atoms with Gasteiger partial charge in [0.1, 0.15) is 0 Å². The number of amides is 2. The van der Waals surface area contributed by atoms with Crippen molar-refractivity contribution in [3.8, 4) is 0 Å². The lowest BCUT2D eigenvalue weighted by atomic mass is 10.1. The molecule has 0 fully saturated rings. The van der Waals surface area contributed by atoms with Crippen LogP contribution in [0.2, 0.25) is 5.02 Å². The average Bonchev–Trinajstić information content (AvgIpc) is 2.94. The predicted octanol–water partition coefficient (Wildman–Crippen LogP) is 4.76. The van der Waals surface area contributed by atoms with Gasteiger partial charge in [0.25, 0.3) is 0 Å². The van der Waals surface area contributed by atoms with Crippen LogP contribution in [-0.4, -0.2) is 15.8 Å². The average molecular weight is 397 g/mol. The van der Waals surface area contributed by atoms with Crippen molar-refractivity contribution in [2.75, 3.05) is 0 Å². The van der Waals surface area contributed by atoms with Crippen molar-refractivity contribution >= 4 is 17.6 Å². The maximum Gasteiger partial charge on any atom is 0.315 e. The van der Waals surface area contributed by atoms with E-state index in [0.717, 1.165) is 22.5 Å². The third kappa shape index (κ3) is 4.93. The smallest absolute Gasteiger partial charge is 0.315 e. The molecule has 0 spiro atoms. The molecule has 0 bridgehead atoms. The lowest BCUT2D eigenvalue weighted by molar-refractivity contribution is 0.237. The zero-order chi connectivity index (χ0) is 20.1. The molecule has 2 amide bonds. The van der Waals surface area contributed by atoms with Crippen LogP contribution in [-0.2, 0) is 13.1 Å². The number of rotatable bonds is 6. The van der Waals surface area contributed by atoms with Crippen LogP contribution < -0.4 is 10.6 Å². The summed E-state index contributed by atoms with van der Waals surface area (Å²) in [6.45, 7) is 7.10. The van der Waals surface area contributed by atoms with Crippen LogP contribution >= 0.6 is 11.6 Å². The normalized spacial score (nSPS) is 11.9. The molecule has 0 aliphatic rings. The standard InChI is InChI=1S/C22H25ClN4O/c1-15(19-9-11-20(23)12-10-19)25-22(28)24-13-21-16(2)26-27(17(21)3)14-18-7-5-4-6-8-18/h4-12,15H,13-14H2,1-3H3,(H2,24,25,28)/t15-/m1/s1. The summed E-state index contributed by atoms with van der Waals surface area (Å²) < 4.78 is 1.98. The summed E-state index contributed by atoms with van der Waals surface area (Å²) in [6.07, 6.45) is 0. The molecule has 2 aromatic carbocycles. The largest absolute Gasteiger partial charge is 0.334 e. The lowest BCUT2D eigenvalue weighted by Gasteiger charge is -2.15. The highest BCUT2D eigenvalue weighted by atomic mass is 35.5. The number of aromatic nitrogens is 2. The number of hydrogen-bond acceptors (Lipinski definition) is 2. The fraction of sp³-hybridized carbons (Fsp3) is 0.273. The minimum Gasteiger partial charge on any atom is -0.334 e. The highest BCUT2D eigenvalue weighted by Crippen LogP contribution is 2.17. The summed E-state index contributed by atoms with van der Waals surface area (Å²) in [7, 11) is 0. The van der Waals surface area contributed by atoms with Gasteiger partial charge in [-0.1, -0.05) is 54.1 Å². The summed E-state index contributed by atoms with van der Waals surface area (Å²) in [5.41, 5.74) is 5.24. The highest BCUT2D eigenvalue weighted by Gasteiger charge is 2.14. The zero-order valence-electron chi connectivity index (χ0n) is 16.4. The van der Waals surface area contributed by atoms with E-state index in [1.807, 2.05) is 67.9 Å². The summed E-state index contributed by atoms with van der Waals surface area (Å²) in [5.74, 6) is 0. The predicted molar refractivity (Wildman–Crippen MR) is 112 cm³/mol. The quantitative estimate of drug-likeness (QED) is 0.631. The topological polar surface area (TPSA) is 59.0 Å². The molecule has 3 aromatic rings. The summed E-state index contributed by atoms with van der Waals surface area (Å²) >= 11 is 5.91. The van der Waals surface area contributed by atoms with E-state index in [-0.39, 0.29) is 12.1 Å². The van der Waals surface area contributed by atoms with Crippen LogP contribution in [0.25, 0.3) is 0 Å². The number of halogens is 1. The van der Waals surface area contributed by atoms with E-state index in [4.69, 9.17) is 11.6 Å². The van der Waals surface area contributed by atoms with Gasteiger partial charge in [-0.15, -0.1) is 0 Å². The highest BCUT2D eigenvalue weighted by molar-refractivity contribution is 6.30. The second-order valence-corrected chi connectivity index (χ2v) is 7.33. The molecule has 0 saturated heterocycles. The van der Waals surface area contributed by atoms with Gasteiger partial charge >= 0.3 is 6.03 Å². The van der Waals surface area contributed by atoms with E-state index in [9.17, 15) is 4.79 Å². The van der Waals surface area contributed by atoms with Crippen molar-refractivity contribution in [1.82, 2.24) is 20.4 Å². The van der Waals surface area contributed by atoms with Crippen molar-refractivity contribution in [1.29, 1.82) is 0 Å². The molecule has 6 heteroatoms. The molecule has 0 unspecified atom stereocenters. The molecule has 0 aliphatic carbocycles. The molecule has 2 N–H and O–H groups in total. The maximum absolute atomic E-state index is 12.3. The van der Waals surface area contributed by atoms with Crippen molar-refractivity contribution < 1.29 is 4.79 Å². The van der Waals surface area contributed by atoms with Crippen LogP contribution in [0.5, 0.6) is 0 Å². The van der Waals surface area contributed by atoms with Gasteiger partial charge in [-0.25, -0.2) is 4.79 Å². The Morgan fingerprint density at radius 3 is 2.46 bits per heavy atom. The summed E-state index contributed by atoms with van der Waals surface area (Å²) in [5, 5.41) is 11.2. The molecule has 146 valence electrons. The van der Waals surface area contributed by atoms with Gasteiger partial charge in [0, 0.05) is 22.8 Å². The van der Waals surface area contributed by atoms with Crippen molar-refractivity contribution in [3.05, 3.63) is 87.7 Å². The van der Waals surface area contributed by atoms with Gasteiger partial charge in [0.2, 0.25) is 0 Å². The van der Waals surface area contributed by atoms with Gasteiger partial charge in [-0.3, -0.25) is 4.68 Å². The maximum atomic E-state index is 12.3. The number of hydrogen-bond donors (Lipinski definition) is 2. The van der Waals surface area contributed by atoms with E-state index in [1.54, 1.807) is 0 Å². The molecule has 28 heavy (non-hydrogen) atoms. The first-order valence-corrected chi connectivity index (χ1v) is 9.68. The van der Waals surface area contributed by atoms with Crippen molar-refractivity contribution in [2.24, 2.45) is 0 Å². The van der Waals surface area contributed by atoms with Crippen LogP contribution in [0.15, 0.2) is 54.6 Å². The van der Waals surface area contributed by atoms with Gasteiger partial charge in [0.15, 0.2) is 0 Å². The molecular weight excluding hydrogens is 372 g/mol. The number of urea groups is 1. The van der Waals surface area contributed by atoms with E-state index >= 15 is 0 Å². The number of aryl methyl sites for hydroxylation is 1. The molecule has 5 nitrogen and oxygen atoms in total. The Morgan fingerprint density at radius 2 is 1.79 bits per heavy atom. The third-order valence-electron chi connectivity index (χ3n) is 4.85. The number of nitrogens with one attached hydrogen (secondary N) is 2. The Bertz CT molecular complexity index is 935. The second-order valence-electron chi connectivity index (χ2n) is 6.89. The lowest BCUT2D eigenvalue weighted by Crippen LogP contribution is -2.36. The Kier molecular flexibility index (Phi) is 6.37. The van der Waals surface area contributed by atoms with E-state index in [2.05, 4.69) is 27.9 Å².